The van der Waals surface area contributed by atoms with E-state index in [0.717, 1.165) is 5.69 Å². The third-order valence-electron chi connectivity index (χ3n) is 1.71. The predicted molar refractivity (Wildman–Crippen MR) is 60.3 cm³/mol. The highest BCUT2D eigenvalue weighted by Crippen LogP contribution is 2.22. The van der Waals surface area contributed by atoms with Crippen molar-refractivity contribution in [2.75, 3.05) is 6.26 Å². The van der Waals surface area contributed by atoms with Crippen molar-refractivity contribution in [3.8, 4) is 0 Å². The first-order chi connectivity index (χ1) is 6.85. The lowest BCUT2D eigenvalue weighted by molar-refractivity contribution is 0.00649. The van der Waals surface area contributed by atoms with Crippen LogP contribution >= 0.6 is 11.8 Å². The van der Waals surface area contributed by atoms with Crippen LogP contribution in [0.2, 0.25) is 0 Å². The van der Waals surface area contributed by atoms with Crippen LogP contribution in [0.5, 0.6) is 0 Å². The number of esters is 1. The number of rotatable bonds is 2. The minimum Gasteiger partial charge on any atom is -0.456 e. The summed E-state index contributed by atoms with van der Waals surface area (Å²) < 4.78 is 5.29. The molecule has 0 aliphatic heterocycles. The zero-order valence-electron chi connectivity index (χ0n) is 9.67. The highest BCUT2D eigenvalue weighted by molar-refractivity contribution is 7.98. The average Bonchev–Trinajstić information content (AvgIpc) is 2.43. The van der Waals surface area contributed by atoms with E-state index < -0.39 is 5.60 Å². The van der Waals surface area contributed by atoms with Gasteiger partial charge >= 0.3 is 5.97 Å². The molecule has 4 nitrogen and oxygen atoms in total. The number of aryl methyl sites for hydroxylation is 1. The quantitative estimate of drug-likeness (QED) is 0.624. The van der Waals surface area contributed by atoms with Crippen molar-refractivity contribution in [1.29, 1.82) is 0 Å². The van der Waals surface area contributed by atoms with E-state index in [-0.39, 0.29) is 5.97 Å². The Morgan fingerprint density at radius 1 is 1.47 bits per heavy atom. The molecule has 0 spiro atoms. The van der Waals surface area contributed by atoms with Crippen LogP contribution in [0.3, 0.4) is 0 Å². The van der Waals surface area contributed by atoms with E-state index >= 15 is 0 Å². The first-order valence-electron chi connectivity index (χ1n) is 4.67. The number of hydrogen-bond donors (Lipinski definition) is 1. The van der Waals surface area contributed by atoms with Gasteiger partial charge in [0.2, 0.25) is 0 Å². The SMILES string of the molecule is CSc1n[nH]c(C)c1C(=O)OC(C)(C)C. The molecule has 1 rings (SSSR count). The summed E-state index contributed by atoms with van der Waals surface area (Å²) in [6, 6.07) is 0. The van der Waals surface area contributed by atoms with Gasteiger partial charge in [0, 0.05) is 5.69 Å². The fourth-order valence-corrected chi connectivity index (χ4v) is 1.70. The summed E-state index contributed by atoms with van der Waals surface area (Å²) in [5.74, 6) is -0.321. The first-order valence-corrected chi connectivity index (χ1v) is 5.90. The van der Waals surface area contributed by atoms with Crippen LogP contribution in [0, 0.1) is 6.92 Å². The van der Waals surface area contributed by atoms with Crippen molar-refractivity contribution in [2.24, 2.45) is 0 Å². The maximum Gasteiger partial charge on any atom is 0.343 e. The van der Waals surface area contributed by atoms with E-state index in [9.17, 15) is 4.79 Å². The van der Waals surface area contributed by atoms with Gasteiger partial charge in [-0.3, -0.25) is 5.10 Å². The highest BCUT2D eigenvalue weighted by Gasteiger charge is 2.23. The molecule has 84 valence electrons. The number of H-pyrrole nitrogens is 1. The Labute approximate surface area is 93.8 Å². The fourth-order valence-electron chi connectivity index (χ4n) is 1.12. The van der Waals surface area contributed by atoms with Crippen LogP contribution in [0.1, 0.15) is 36.8 Å². The van der Waals surface area contributed by atoms with Gasteiger partial charge in [0.25, 0.3) is 0 Å². The minimum atomic E-state index is -0.476. The summed E-state index contributed by atoms with van der Waals surface area (Å²) in [7, 11) is 0. The zero-order valence-corrected chi connectivity index (χ0v) is 10.5. The van der Waals surface area contributed by atoms with E-state index in [0.29, 0.717) is 10.6 Å². The molecule has 1 aromatic rings. The van der Waals surface area contributed by atoms with Gasteiger partial charge in [-0.15, -0.1) is 11.8 Å². The normalized spacial score (nSPS) is 11.5. The predicted octanol–water partition coefficient (Wildman–Crippen LogP) is 2.40. The standard InChI is InChI=1S/C10H16N2O2S/c1-6-7(8(15-5)12-11-6)9(13)14-10(2,3)4/h1-5H3,(H,11,12). The number of carbonyl (C=O) groups excluding carboxylic acids is 1. The molecular weight excluding hydrogens is 212 g/mol. The first kappa shape index (κ1) is 12.1. The highest BCUT2D eigenvalue weighted by atomic mass is 32.2. The Bertz CT molecular complexity index is 366. The molecule has 0 radical (unpaired) electrons. The lowest BCUT2D eigenvalue weighted by atomic mass is 10.2. The maximum absolute atomic E-state index is 11.8. The number of carbonyl (C=O) groups is 1. The van der Waals surface area contributed by atoms with Crippen LogP contribution < -0.4 is 0 Å². The van der Waals surface area contributed by atoms with Crippen LogP contribution in [0.25, 0.3) is 0 Å². The fraction of sp³-hybridized carbons (Fsp3) is 0.600. The third-order valence-corrected chi connectivity index (χ3v) is 2.39. The van der Waals surface area contributed by atoms with E-state index in [2.05, 4.69) is 10.2 Å². The van der Waals surface area contributed by atoms with E-state index in [1.54, 1.807) is 0 Å². The molecule has 1 aromatic heterocycles. The second kappa shape index (κ2) is 4.26. The summed E-state index contributed by atoms with van der Waals surface area (Å²) in [4.78, 5) is 11.8. The van der Waals surface area contributed by atoms with Crippen LogP contribution in [0.4, 0.5) is 0 Å². The van der Waals surface area contributed by atoms with Crippen molar-refractivity contribution < 1.29 is 9.53 Å². The molecule has 1 heterocycles. The summed E-state index contributed by atoms with van der Waals surface area (Å²) in [6.45, 7) is 7.35. The Morgan fingerprint density at radius 2 is 2.07 bits per heavy atom. The van der Waals surface area contributed by atoms with Crippen molar-refractivity contribution in [3.63, 3.8) is 0 Å². The molecule has 0 aliphatic carbocycles. The molecule has 5 heteroatoms. The van der Waals surface area contributed by atoms with Crippen molar-refractivity contribution in [2.45, 2.75) is 38.3 Å². The largest absolute Gasteiger partial charge is 0.456 e. The number of aromatic amines is 1. The van der Waals surface area contributed by atoms with Gasteiger partial charge < -0.3 is 4.74 Å². The van der Waals surface area contributed by atoms with Gasteiger partial charge in [0.15, 0.2) is 0 Å². The van der Waals surface area contributed by atoms with Crippen molar-refractivity contribution in [1.82, 2.24) is 10.2 Å². The second-order valence-corrected chi connectivity index (χ2v) is 5.03. The average molecular weight is 228 g/mol. The Morgan fingerprint density at radius 3 is 2.53 bits per heavy atom. The molecule has 0 unspecified atom stereocenters. The molecule has 0 aromatic carbocycles. The Hall–Kier alpha value is -0.970. The topological polar surface area (TPSA) is 55.0 Å². The molecule has 1 N–H and O–H groups in total. The Balaban J connectivity index is 2.95. The number of hydrogen-bond acceptors (Lipinski definition) is 4. The minimum absolute atomic E-state index is 0.321. The van der Waals surface area contributed by atoms with E-state index in [4.69, 9.17) is 4.74 Å². The summed E-state index contributed by atoms with van der Waals surface area (Å²) in [5.41, 5.74) is 0.808. The van der Waals surface area contributed by atoms with Gasteiger partial charge in [-0.1, -0.05) is 0 Å². The van der Waals surface area contributed by atoms with Crippen LogP contribution in [-0.2, 0) is 4.74 Å². The lowest BCUT2D eigenvalue weighted by Crippen LogP contribution is -2.24. The van der Waals surface area contributed by atoms with Gasteiger partial charge in [0.1, 0.15) is 16.2 Å². The summed E-state index contributed by atoms with van der Waals surface area (Å²) in [5, 5.41) is 7.49. The number of ether oxygens (including phenoxy) is 1. The summed E-state index contributed by atoms with van der Waals surface area (Å²) >= 11 is 1.43. The molecule has 0 amide bonds. The van der Waals surface area contributed by atoms with Crippen LogP contribution in [-0.4, -0.2) is 28.0 Å². The Kier molecular flexibility index (Phi) is 3.44. The molecule has 0 bridgehead atoms. The van der Waals surface area contributed by atoms with Crippen molar-refractivity contribution in [3.05, 3.63) is 11.3 Å². The van der Waals surface area contributed by atoms with Gasteiger partial charge in [0.05, 0.1) is 0 Å². The van der Waals surface area contributed by atoms with Gasteiger partial charge in [-0.2, -0.15) is 5.10 Å². The van der Waals surface area contributed by atoms with Crippen LogP contribution in [0.15, 0.2) is 5.03 Å². The number of nitrogens with zero attached hydrogens (tertiary/aromatic N) is 1. The van der Waals surface area contributed by atoms with Gasteiger partial charge in [-0.05, 0) is 34.0 Å². The molecule has 0 saturated carbocycles. The molecule has 15 heavy (non-hydrogen) atoms. The number of thioether (sulfide) groups is 1. The number of aromatic nitrogens is 2. The smallest absolute Gasteiger partial charge is 0.343 e. The molecular formula is C10H16N2O2S. The molecule has 0 atom stereocenters. The summed E-state index contributed by atoms with van der Waals surface area (Å²) in [6.07, 6.45) is 1.88. The lowest BCUT2D eigenvalue weighted by Gasteiger charge is -2.19. The van der Waals surface area contributed by atoms with E-state index in [1.165, 1.54) is 11.8 Å². The maximum atomic E-state index is 11.8. The molecule has 0 saturated heterocycles. The zero-order chi connectivity index (χ0) is 11.6. The van der Waals surface area contributed by atoms with Crippen molar-refractivity contribution >= 4 is 17.7 Å². The second-order valence-electron chi connectivity index (χ2n) is 4.23. The molecule has 0 aliphatic rings. The molecule has 0 fully saturated rings. The third kappa shape index (κ3) is 2.99. The van der Waals surface area contributed by atoms with E-state index in [1.807, 2.05) is 34.0 Å². The van der Waals surface area contributed by atoms with Gasteiger partial charge in [-0.25, -0.2) is 4.79 Å². The number of nitrogens with one attached hydrogen (secondary N) is 1. The monoisotopic (exact) mass is 228 g/mol.